The number of carbonyl (C=O) groups excluding carboxylic acids is 1. The first-order valence-corrected chi connectivity index (χ1v) is 12.4. The van der Waals surface area contributed by atoms with E-state index in [1.165, 1.54) is 18.3 Å². The summed E-state index contributed by atoms with van der Waals surface area (Å²) in [5, 5.41) is 9.71. The van der Waals surface area contributed by atoms with Gasteiger partial charge in [-0.05, 0) is 54.4 Å². The number of carbonyl (C=O) groups is 2. The minimum absolute atomic E-state index is 0.0275. The average molecular weight is 513 g/mol. The normalized spacial score (nSPS) is 11.5. The van der Waals surface area contributed by atoms with E-state index in [2.05, 4.69) is 4.72 Å². The molecule has 1 aromatic heterocycles. The summed E-state index contributed by atoms with van der Waals surface area (Å²) in [5.41, 5.74) is 1.78. The first kappa shape index (κ1) is 24.5. The number of aliphatic carboxylic acids is 1. The third-order valence-corrected chi connectivity index (χ3v) is 7.26. The first-order chi connectivity index (χ1) is 16.7. The Kier molecular flexibility index (Phi) is 6.93. The number of Topliss-reactive ketones (excluding diaryl/α,β-unsaturated/α-hetero) is 1. The highest BCUT2D eigenvalue weighted by Crippen LogP contribution is 2.32. The van der Waals surface area contributed by atoms with Crippen molar-refractivity contribution in [2.75, 3.05) is 13.7 Å². The summed E-state index contributed by atoms with van der Waals surface area (Å²) >= 11 is 6.27. The van der Waals surface area contributed by atoms with Gasteiger partial charge in [-0.3, -0.25) is 4.79 Å². The number of carboxylic acids is 1. The Hall–Kier alpha value is -3.66. The van der Waals surface area contributed by atoms with Gasteiger partial charge >= 0.3 is 5.97 Å². The van der Waals surface area contributed by atoms with E-state index in [1.54, 1.807) is 42.0 Å². The van der Waals surface area contributed by atoms with Crippen molar-refractivity contribution >= 4 is 44.3 Å². The molecule has 4 aromatic rings. The van der Waals surface area contributed by atoms with Crippen LogP contribution in [-0.4, -0.2) is 43.5 Å². The Balaban J connectivity index is 1.63. The van der Waals surface area contributed by atoms with Gasteiger partial charge in [0, 0.05) is 23.8 Å². The summed E-state index contributed by atoms with van der Waals surface area (Å²) in [6, 6.07) is 18.4. The molecule has 3 aromatic carbocycles. The molecule has 180 valence electrons. The fourth-order valence-corrected chi connectivity index (χ4v) is 5.09. The van der Waals surface area contributed by atoms with Gasteiger partial charge in [0.25, 0.3) is 5.78 Å². The van der Waals surface area contributed by atoms with Crippen molar-refractivity contribution in [2.45, 2.75) is 11.3 Å². The van der Waals surface area contributed by atoms with Gasteiger partial charge < -0.3 is 14.4 Å². The number of ketones is 1. The second-order valence-electron chi connectivity index (χ2n) is 7.67. The number of nitrogens with zero attached hydrogens (tertiary/aromatic N) is 1. The molecular formula is C25H21ClN2O6S. The number of halogens is 1. The second kappa shape index (κ2) is 9.91. The minimum Gasteiger partial charge on any atom is -0.497 e. The topological polar surface area (TPSA) is 115 Å². The maximum Gasteiger partial charge on any atom is 0.377 e. The van der Waals surface area contributed by atoms with Gasteiger partial charge in [0.15, 0.2) is 0 Å². The van der Waals surface area contributed by atoms with Gasteiger partial charge in [-0.1, -0.05) is 35.9 Å². The number of aromatic nitrogens is 1. The lowest BCUT2D eigenvalue weighted by Crippen LogP contribution is -2.26. The molecule has 4 rings (SSSR count). The number of methoxy groups -OCH3 is 1. The summed E-state index contributed by atoms with van der Waals surface area (Å²) in [4.78, 5) is 23.6. The molecule has 0 spiro atoms. The van der Waals surface area contributed by atoms with Crippen LogP contribution in [0, 0.1) is 0 Å². The van der Waals surface area contributed by atoms with Gasteiger partial charge in [-0.2, -0.15) is 0 Å². The predicted octanol–water partition coefficient (Wildman–Crippen LogP) is 4.08. The predicted molar refractivity (Wildman–Crippen MR) is 132 cm³/mol. The monoisotopic (exact) mass is 512 g/mol. The van der Waals surface area contributed by atoms with Crippen LogP contribution in [0.25, 0.3) is 16.6 Å². The number of rotatable bonds is 9. The molecule has 10 heteroatoms. The van der Waals surface area contributed by atoms with Crippen molar-refractivity contribution in [3.8, 4) is 11.4 Å². The average Bonchev–Trinajstić information content (AvgIpc) is 3.25. The number of fused-ring (bicyclic) bond motifs is 1. The van der Waals surface area contributed by atoms with Crippen LogP contribution in [0.2, 0.25) is 5.02 Å². The number of hydrogen-bond acceptors (Lipinski definition) is 5. The quantitative estimate of drug-likeness (QED) is 0.258. The van der Waals surface area contributed by atoms with E-state index >= 15 is 0 Å². The molecule has 0 unspecified atom stereocenters. The number of benzene rings is 3. The summed E-state index contributed by atoms with van der Waals surface area (Å²) in [6.07, 6.45) is 1.85. The third kappa shape index (κ3) is 5.07. The fourth-order valence-electron chi connectivity index (χ4n) is 3.75. The van der Waals surface area contributed by atoms with Crippen molar-refractivity contribution in [2.24, 2.45) is 0 Å². The maximum absolute atomic E-state index is 12.9. The summed E-state index contributed by atoms with van der Waals surface area (Å²) in [6.45, 7) is 0.193. The van der Waals surface area contributed by atoms with Crippen LogP contribution in [0.5, 0.6) is 5.75 Å². The van der Waals surface area contributed by atoms with E-state index in [0.29, 0.717) is 17.6 Å². The number of ether oxygens (including phenoxy) is 1. The zero-order valence-corrected chi connectivity index (χ0v) is 20.1. The van der Waals surface area contributed by atoms with Crippen molar-refractivity contribution in [1.29, 1.82) is 0 Å². The van der Waals surface area contributed by atoms with E-state index in [-0.39, 0.29) is 27.4 Å². The van der Waals surface area contributed by atoms with Crippen molar-refractivity contribution in [3.05, 3.63) is 89.1 Å². The number of carboxylic acid groups (broad SMARTS) is 1. The second-order valence-corrected chi connectivity index (χ2v) is 9.85. The highest BCUT2D eigenvalue weighted by molar-refractivity contribution is 7.89. The largest absolute Gasteiger partial charge is 0.497 e. The molecule has 8 nitrogen and oxygen atoms in total. The third-order valence-electron chi connectivity index (χ3n) is 5.49. The van der Waals surface area contributed by atoms with E-state index < -0.39 is 21.8 Å². The highest BCUT2D eigenvalue weighted by Gasteiger charge is 2.23. The van der Waals surface area contributed by atoms with Crippen LogP contribution < -0.4 is 9.46 Å². The summed E-state index contributed by atoms with van der Waals surface area (Å²) in [5.74, 6) is -2.00. The van der Waals surface area contributed by atoms with Crippen molar-refractivity contribution in [1.82, 2.24) is 9.29 Å². The van der Waals surface area contributed by atoms with E-state index in [4.69, 9.17) is 16.3 Å². The molecule has 2 N–H and O–H groups in total. The SMILES string of the molecule is COc1ccc(CCNS(=O)(=O)c2cccc(-n3cc(C(=O)C(=O)O)c4c(Cl)cccc43)c2)cc1. The molecule has 0 saturated carbocycles. The Morgan fingerprint density at radius 2 is 1.77 bits per heavy atom. The molecule has 0 amide bonds. The summed E-state index contributed by atoms with van der Waals surface area (Å²) in [7, 11) is -2.26. The van der Waals surface area contributed by atoms with E-state index in [9.17, 15) is 23.1 Å². The molecule has 0 fully saturated rings. The fraction of sp³-hybridized carbons (Fsp3) is 0.120. The molecule has 35 heavy (non-hydrogen) atoms. The van der Waals surface area contributed by atoms with Gasteiger partial charge in [-0.15, -0.1) is 0 Å². The lowest BCUT2D eigenvalue weighted by Gasteiger charge is -2.10. The molecule has 0 atom stereocenters. The van der Waals surface area contributed by atoms with Crippen LogP contribution in [-0.2, 0) is 21.2 Å². The minimum atomic E-state index is -3.83. The highest BCUT2D eigenvalue weighted by atomic mass is 35.5. The van der Waals surface area contributed by atoms with E-state index in [1.807, 2.05) is 24.3 Å². The van der Waals surface area contributed by atoms with Gasteiger partial charge in [0.2, 0.25) is 10.0 Å². The Bertz CT molecular complexity index is 1530. The number of hydrogen-bond donors (Lipinski definition) is 2. The Labute approximate surface area is 206 Å². The smallest absolute Gasteiger partial charge is 0.377 e. The van der Waals surface area contributed by atoms with Crippen molar-refractivity contribution in [3.63, 3.8) is 0 Å². The first-order valence-electron chi connectivity index (χ1n) is 10.5. The standard InChI is InChI=1S/C25H21ClN2O6S/c1-34-18-10-8-16(9-11-18)12-13-27-35(32,33)19-5-2-4-17(14-19)28-15-20(24(29)25(30)31)23-21(26)6-3-7-22(23)28/h2-11,14-15,27H,12-13H2,1H3,(H,30,31). The van der Waals surface area contributed by atoms with Crippen LogP contribution in [0.1, 0.15) is 15.9 Å². The number of nitrogens with one attached hydrogen (secondary N) is 1. The lowest BCUT2D eigenvalue weighted by atomic mass is 10.1. The Morgan fingerprint density at radius 1 is 1.06 bits per heavy atom. The maximum atomic E-state index is 12.9. The molecule has 1 heterocycles. The molecule has 0 radical (unpaired) electrons. The summed E-state index contributed by atoms with van der Waals surface area (Å²) < 4.78 is 35.1. The zero-order valence-electron chi connectivity index (χ0n) is 18.6. The molecule has 0 aliphatic rings. The van der Waals surface area contributed by atoms with Crippen LogP contribution >= 0.6 is 11.6 Å². The Morgan fingerprint density at radius 3 is 2.46 bits per heavy atom. The number of sulfonamides is 1. The molecule has 0 saturated heterocycles. The van der Waals surface area contributed by atoms with Crippen LogP contribution in [0.3, 0.4) is 0 Å². The van der Waals surface area contributed by atoms with Gasteiger partial charge in [0.05, 0.1) is 28.1 Å². The zero-order chi connectivity index (χ0) is 25.2. The van der Waals surface area contributed by atoms with Gasteiger partial charge in [0.1, 0.15) is 5.75 Å². The van der Waals surface area contributed by atoms with E-state index in [0.717, 1.165) is 11.3 Å². The molecule has 0 aliphatic carbocycles. The molecule has 0 bridgehead atoms. The van der Waals surface area contributed by atoms with Crippen molar-refractivity contribution < 1.29 is 27.9 Å². The molecule has 0 aliphatic heterocycles. The molecular weight excluding hydrogens is 492 g/mol. The van der Waals surface area contributed by atoms with Crippen LogP contribution in [0.4, 0.5) is 0 Å². The van der Waals surface area contributed by atoms with Crippen LogP contribution in [0.15, 0.2) is 77.8 Å². The van der Waals surface area contributed by atoms with Gasteiger partial charge in [-0.25, -0.2) is 17.9 Å². The lowest BCUT2D eigenvalue weighted by molar-refractivity contribution is -0.131.